The minimum atomic E-state index is -2.17. The van der Waals surface area contributed by atoms with Crippen molar-refractivity contribution in [2.24, 2.45) is 0 Å². The van der Waals surface area contributed by atoms with Gasteiger partial charge in [-0.05, 0) is 11.4 Å². The first kappa shape index (κ1) is 10.3. The Balaban J connectivity index is 0.000000218. The summed E-state index contributed by atoms with van der Waals surface area (Å²) >= 11 is 1.45. The smallest absolute Gasteiger partial charge is 0.402 e. The minimum absolute atomic E-state index is 0.792. The zero-order valence-electron chi connectivity index (χ0n) is 5.54. The van der Waals surface area contributed by atoms with Gasteiger partial charge in [-0.1, -0.05) is 6.07 Å². The van der Waals surface area contributed by atoms with Gasteiger partial charge in [0.25, 0.3) is 0 Å². The van der Waals surface area contributed by atoms with E-state index in [1.165, 1.54) is 11.3 Å². The molecule has 60 valence electrons. The monoisotopic (exact) mass is 174 g/mol. The topological polar surface area (TPSA) is 77.8 Å². The van der Waals surface area contributed by atoms with Crippen molar-refractivity contribution in [3.63, 3.8) is 0 Å². The maximum atomic E-state index is 9.88. The van der Waals surface area contributed by atoms with E-state index in [4.69, 9.17) is 15.1 Å². The molecule has 0 amide bonds. The van der Waals surface area contributed by atoms with Crippen molar-refractivity contribution in [2.75, 3.05) is 0 Å². The second kappa shape index (κ2) is 6.05. The summed E-state index contributed by atoms with van der Waals surface area (Å²) in [5.74, 6) is 0. The van der Waals surface area contributed by atoms with Crippen LogP contribution in [0.3, 0.4) is 0 Å². The maximum absolute atomic E-state index is 9.88. The van der Waals surface area contributed by atoms with E-state index in [1.807, 2.05) is 11.4 Å². The Hall–Kier alpha value is -0.685. The lowest BCUT2D eigenvalue weighted by atomic mass is 10.3. The van der Waals surface area contributed by atoms with Gasteiger partial charge in [0, 0.05) is 0 Å². The summed E-state index contributed by atoms with van der Waals surface area (Å²) in [5, 5.41) is 23.4. The van der Waals surface area contributed by atoms with Crippen LogP contribution in [0.4, 0.5) is 0 Å². The molecule has 0 unspecified atom stereocenters. The van der Waals surface area contributed by atoms with Gasteiger partial charge in [-0.25, -0.2) is 0 Å². The van der Waals surface area contributed by atoms with E-state index in [0.717, 1.165) is 11.2 Å². The molecule has 1 aromatic rings. The van der Waals surface area contributed by atoms with Crippen LogP contribution in [0.15, 0.2) is 17.5 Å². The molecule has 0 atom stereocenters. The summed E-state index contributed by atoms with van der Waals surface area (Å²) in [5.41, 5.74) is 0. The van der Waals surface area contributed by atoms with Gasteiger partial charge in [0.05, 0.1) is 4.88 Å². The molecule has 11 heavy (non-hydrogen) atoms. The third kappa shape index (κ3) is 7.21. The average Bonchev–Trinajstić information content (AvgIpc) is 2.36. The molecule has 0 saturated heterocycles. The van der Waals surface area contributed by atoms with Gasteiger partial charge in [-0.2, -0.15) is 0 Å². The molecule has 0 aliphatic heterocycles. The predicted octanol–water partition coefficient (Wildman–Crippen LogP) is -0.491. The van der Waals surface area contributed by atoms with Crippen molar-refractivity contribution in [1.82, 2.24) is 0 Å². The molecule has 1 heterocycles. The Morgan fingerprint density at radius 1 is 1.45 bits per heavy atom. The number of hydrogen-bond acceptors (Lipinski definition) is 5. The van der Waals surface area contributed by atoms with E-state index in [9.17, 15) is 4.79 Å². The molecule has 1 rings (SSSR count). The van der Waals surface area contributed by atoms with Crippen molar-refractivity contribution >= 4 is 24.9 Å². The van der Waals surface area contributed by atoms with Gasteiger partial charge in [0.15, 0.2) is 6.29 Å². The highest BCUT2D eigenvalue weighted by molar-refractivity contribution is 7.11. The van der Waals surface area contributed by atoms with Crippen molar-refractivity contribution < 1.29 is 19.9 Å². The normalized spacial score (nSPS) is 7.91. The molecule has 0 saturated carbocycles. The number of aldehydes is 1. The van der Waals surface area contributed by atoms with Gasteiger partial charge in [-0.15, -0.1) is 11.3 Å². The van der Waals surface area contributed by atoms with Crippen molar-refractivity contribution in [3.8, 4) is 0 Å². The Labute approximate surface area is 67.9 Å². The summed E-state index contributed by atoms with van der Waals surface area (Å²) in [7, 11) is -2.17. The second-order valence-corrected chi connectivity index (χ2v) is 2.46. The van der Waals surface area contributed by atoms with Crippen LogP contribution in [-0.2, 0) is 0 Å². The number of hydrogen-bond donors (Lipinski definition) is 3. The first-order chi connectivity index (χ1) is 5.16. The molecule has 1 aromatic heterocycles. The lowest BCUT2D eigenvalue weighted by molar-refractivity contribution is 0.112. The fraction of sp³-hybridized carbons (Fsp3) is 0. The van der Waals surface area contributed by atoms with Crippen molar-refractivity contribution in [1.29, 1.82) is 0 Å². The van der Waals surface area contributed by atoms with E-state index in [-0.39, 0.29) is 0 Å². The number of thiophene rings is 1. The molecule has 0 aliphatic rings. The SMILES string of the molecule is O=Cc1cccs1.OB(O)O. The first-order valence-electron chi connectivity index (χ1n) is 2.69. The van der Waals surface area contributed by atoms with Crippen LogP contribution in [-0.4, -0.2) is 28.7 Å². The van der Waals surface area contributed by atoms with Crippen LogP contribution < -0.4 is 0 Å². The quantitative estimate of drug-likeness (QED) is 0.396. The fourth-order valence-corrected chi connectivity index (χ4v) is 0.885. The largest absolute Gasteiger partial charge is 0.631 e. The third-order valence-corrected chi connectivity index (χ3v) is 1.46. The standard InChI is InChI=1S/C5H4OS.BH3O3/c6-4-5-2-1-3-7-5;2-1(3)4/h1-4H;2-4H. The molecule has 0 spiro atoms. The minimum Gasteiger partial charge on any atom is -0.402 e. The lowest BCUT2D eigenvalue weighted by Gasteiger charge is -1.69. The highest BCUT2D eigenvalue weighted by Crippen LogP contribution is 2.03. The Kier molecular flexibility index (Phi) is 5.68. The summed E-state index contributed by atoms with van der Waals surface area (Å²) in [6.45, 7) is 0. The number of carbonyl (C=O) groups excluding carboxylic acids is 1. The lowest BCUT2D eigenvalue weighted by Crippen LogP contribution is -2.07. The second-order valence-electron chi connectivity index (χ2n) is 1.48. The van der Waals surface area contributed by atoms with Crippen LogP contribution in [0.25, 0.3) is 0 Å². The van der Waals surface area contributed by atoms with Gasteiger partial charge in [0.1, 0.15) is 0 Å². The summed E-state index contributed by atoms with van der Waals surface area (Å²) in [6.07, 6.45) is 0.852. The van der Waals surface area contributed by atoms with Crippen LogP contribution >= 0.6 is 11.3 Å². The first-order valence-corrected chi connectivity index (χ1v) is 3.57. The Bertz CT molecular complexity index is 184. The van der Waals surface area contributed by atoms with Crippen molar-refractivity contribution in [3.05, 3.63) is 22.4 Å². The van der Waals surface area contributed by atoms with Crippen LogP contribution in [0, 0.1) is 0 Å². The number of carbonyl (C=O) groups is 1. The van der Waals surface area contributed by atoms with E-state index >= 15 is 0 Å². The van der Waals surface area contributed by atoms with E-state index in [2.05, 4.69) is 0 Å². The molecule has 3 N–H and O–H groups in total. The van der Waals surface area contributed by atoms with Crippen LogP contribution in [0.1, 0.15) is 9.67 Å². The van der Waals surface area contributed by atoms with Gasteiger partial charge in [0.2, 0.25) is 0 Å². The molecule has 0 bridgehead atoms. The van der Waals surface area contributed by atoms with Gasteiger partial charge >= 0.3 is 7.32 Å². The predicted molar refractivity (Wildman–Crippen MR) is 42.1 cm³/mol. The van der Waals surface area contributed by atoms with Gasteiger partial charge < -0.3 is 15.1 Å². The van der Waals surface area contributed by atoms with Crippen LogP contribution in [0.2, 0.25) is 0 Å². The maximum Gasteiger partial charge on any atom is 0.631 e. The molecular formula is C5H7BO4S. The highest BCUT2D eigenvalue weighted by Gasteiger charge is 1.92. The molecule has 0 aromatic carbocycles. The number of rotatable bonds is 1. The fourth-order valence-electron chi connectivity index (χ4n) is 0.358. The zero-order valence-corrected chi connectivity index (χ0v) is 6.36. The molecule has 0 radical (unpaired) electrons. The summed E-state index contributed by atoms with van der Waals surface area (Å²) < 4.78 is 0. The molecule has 6 heteroatoms. The van der Waals surface area contributed by atoms with E-state index in [0.29, 0.717) is 0 Å². The zero-order chi connectivity index (χ0) is 8.69. The Morgan fingerprint density at radius 2 is 2.00 bits per heavy atom. The average molecular weight is 174 g/mol. The van der Waals surface area contributed by atoms with Crippen LogP contribution in [0.5, 0.6) is 0 Å². The van der Waals surface area contributed by atoms with E-state index in [1.54, 1.807) is 6.07 Å². The summed E-state index contributed by atoms with van der Waals surface area (Å²) in [6, 6.07) is 3.64. The third-order valence-electron chi connectivity index (χ3n) is 0.659. The highest BCUT2D eigenvalue weighted by atomic mass is 32.1. The van der Waals surface area contributed by atoms with E-state index < -0.39 is 7.32 Å². The molecule has 0 fully saturated rings. The summed E-state index contributed by atoms with van der Waals surface area (Å²) in [4.78, 5) is 10.7. The Morgan fingerprint density at radius 3 is 2.18 bits per heavy atom. The molecule has 4 nitrogen and oxygen atoms in total. The molecule has 0 aliphatic carbocycles. The van der Waals surface area contributed by atoms with Gasteiger partial charge in [-0.3, -0.25) is 4.79 Å². The van der Waals surface area contributed by atoms with Crippen molar-refractivity contribution in [2.45, 2.75) is 0 Å². The molecular weight excluding hydrogens is 167 g/mol.